The summed E-state index contributed by atoms with van der Waals surface area (Å²) in [6.45, 7) is 0. The summed E-state index contributed by atoms with van der Waals surface area (Å²) in [5.41, 5.74) is 1.01. The molecule has 2 rings (SSSR count). The first kappa shape index (κ1) is 14.3. The summed E-state index contributed by atoms with van der Waals surface area (Å²) in [6, 6.07) is 6.94. The van der Waals surface area contributed by atoms with Gasteiger partial charge in [-0.1, -0.05) is 18.2 Å². The molecule has 1 atom stereocenters. The van der Waals surface area contributed by atoms with E-state index in [1.807, 2.05) is 24.3 Å². The molecule has 0 unspecified atom stereocenters. The maximum atomic E-state index is 12.1. The predicted molar refractivity (Wildman–Crippen MR) is 77.6 cm³/mol. The van der Waals surface area contributed by atoms with Crippen molar-refractivity contribution in [3.8, 4) is 0 Å². The highest BCUT2D eigenvalue weighted by atomic mass is 32.2. The minimum Gasteiger partial charge on any atom is -0.480 e. The van der Waals surface area contributed by atoms with Gasteiger partial charge in [-0.2, -0.15) is 0 Å². The van der Waals surface area contributed by atoms with Gasteiger partial charge in [-0.25, -0.2) is 4.79 Å². The predicted octanol–water partition coefficient (Wildman–Crippen LogP) is 1.89. The van der Waals surface area contributed by atoms with E-state index in [4.69, 9.17) is 5.11 Å². The molecule has 1 fully saturated rings. The quantitative estimate of drug-likeness (QED) is 0.833. The molecule has 0 radical (unpaired) electrons. The van der Waals surface area contributed by atoms with Gasteiger partial charge in [-0.3, -0.25) is 4.79 Å². The molecule has 4 nitrogen and oxygen atoms in total. The summed E-state index contributed by atoms with van der Waals surface area (Å²) in [5, 5.41) is 9.04. The van der Waals surface area contributed by atoms with Crippen LogP contribution in [-0.4, -0.2) is 39.6 Å². The summed E-state index contributed by atoms with van der Waals surface area (Å²) in [7, 11) is 0. The van der Waals surface area contributed by atoms with E-state index < -0.39 is 12.0 Å². The van der Waals surface area contributed by atoms with Crippen LogP contribution in [0.1, 0.15) is 12.0 Å². The van der Waals surface area contributed by atoms with E-state index in [9.17, 15) is 9.59 Å². The zero-order chi connectivity index (χ0) is 13.8. The van der Waals surface area contributed by atoms with E-state index in [0.717, 1.165) is 10.5 Å². The van der Waals surface area contributed by atoms with Gasteiger partial charge in [-0.05, 0) is 18.1 Å². The number of carbonyl (C=O) groups excluding carboxylic acids is 1. The number of aryl methyl sites for hydroxylation is 1. The lowest BCUT2D eigenvalue weighted by Gasteiger charge is -2.20. The molecular formula is C13H15NO3S2. The standard InChI is InChI=1S/C13H15NO3S2/c15-12(14-8-19-7-10(14)13(16)17)6-5-9-3-1-2-4-11(9)18/h1-4,10,18H,5-8H2,(H,16,17)/t10-/m0/s1. The largest absolute Gasteiger partial charge is 0.480 e. The van der Waals surface area contributed by atoms with Crippen LogP contribution in [0.3, 0.4) is 0 Å². The van der Waals surface area contributed by atoms with Gasteiger partial charge in [0.25, 0.3) is 0 Å². The van der Waals surface area contributed by atoms with E-state index in [1.54, 1.807) is 0 Å². The third-order valence-corrected chi connectivity index (χ3v) is 4.54. The molecule has 0 saturated carbocycles. The third-order valence-electron chi connectivity index (χ3n) is 3.09. The number of rotatable bonds is 4. The molecule has 1 aliphatic heterocycles. The van der Waals surface area contributed by atoms with Crippen LogP contribution in [0.25, 0.3) is 0 Å². The van der Waals surface area contributed by atoms with Crippen molar-refractivity contribution >= 4 is 36.3 Å². The lowest BCUT2D eigenvalue weighted by molar-refractivity contribution is -0.147. The minimum atomic E-state index is -0.923. The maximum absolute atomic E-state index is 12.1. The first-order chi connectivity index (χ1) is 9.09. The smallest absolute Gasteiger partial charge is 0.327 e. The highest BCUT2D eigenvalue weighted by molar-refractivity contribution is 7.99. The number of nitrogens with zero attached hydrogens (tertiary/aromatic N) is 1. The summed E-state index contributed by atoms with van der Waals surface area (Å²) in [4.78, 5) is 25.4. The fraction of sp³-hybridized carbons (Fsp3) is 0.385. The molecule has 1 aromatic rings. The topological polar surface area (TPSA) is 57.6 Å². The highest BCUT2D eigenvalue weighted by Crippen LogP contribution is 2.23. The number of thiol groups is 1. The van der Waals surface area contributed by atoms with Crippen molar-refractivity contribution in [3.63, 3.8) is 0 Å². The van der Waals surface area contributed by atoms with Gasteiger partial charge < -0.3 is 10.0 Å². The Balaban J connectivity index is 1.95. The van der Waals surface area contributed by atoms with E-state index >= 15 is 0 Å². The van der Waals surface area contributed by atoms with Crippen LogP contribution in [0.4, 0.5) is 0 Å². The lowest BCUT2D eigenvalue weighted by atomic mass is 10.1. The first-order valence-electron chi connectivity index (χ1n) is 5.96. The van der Waals surface area contributed by atoms with Gasteiger partial charge in [0.1, 0.15) is 6.04 Å². The van der Waals surface area contributed by atoms with Gasteiger partial charge in [0.15, 0.2) is 0 Å². The van der Waals surface area contributed by atoms with Crippen molar-refractivity contribution in [1.82, 2.24) is 4.90 Å². The van der Waals surface area contributed by atoms with Crippen LogP contribution in [0, 0.1) is 0 Å². The van der Waals surface area contributed by atoms with Crippen LogP contribution >= 0.6 is 24.4 Å². The molecular weight excluding hydrogens is 282 g/mol. The number of benzene rings is 1. The molecule has 1 saturated heterocycles. The van der Waals surface area contributed by atoms with Gasteiger partial charge in [0.05, 0.1) is 5.88 Å². The summed E-state index contributed by atoms with van der Waals surface area (Å²) >= 11 is 5.82. The molecule has 102 valence electrons. The number of thioether (sulfide) groups is 1. The molecule has 1 heterocycles. The Morgan fingerprint density at radius 3 is 2.84 bits per heavy atom. The van der Waals surface area contributed by atoms with Gasteiger partial charge >= 0.3 is 5.97 Å². The van der Waals surface area contributed by atoms with Crippen LogP contribution < -0.4 is 0 Å². The number of hydrogen-bond acceptors (Lipinski definition) is 4. The Morgan fingerprint density at radius 1 is 1.42 bits per heavy atom. The monoisotopic (exact) mass is 297 g/mol. The summed E-state index contributed by atoms with van der Waals surface area (Å²) in [5.74, 6) is -0.0790. The van der Waals surface area contributed by atoms with E-state index in [0.29, 0.717) is 24.5 Å². The van der Waals surface area contributed by atoms with Gasteiger partial charge in [0.2, 0.25) is 5.91 Å². The third kappa shape index (κ3) is 3.45. The molecule has 0 aliphatic carbocycles. The molecule has 0 aromatic heterocycles. The first-order valence-corrected chi connectivity index (χ1v) is 7.56. The van der Waals surface area contributed by atoms with Crippen molar-refractivity contribution in [1.29, 1.82) is 0 Å². The van der Waals surface area contributed by atoms with Crippen molar-refractivity contribution in [2.24, 2.45) is 0 Å². The number of hydrogen-bond donors (Lipinski definition) is 2. The second kappa shape index (κ2) is 6.34. The second-order valence-electron chi connectivity index (χ2n) is 4.35. The van der Waals surface area contributed by atoms with Crippen LogP contribution in [0.15, 0.2) is 29.2 Å². The molecule has 0 spiro atoms. The molecule has 0 bridgehead atoms. The van der Waals surface area contributed by atoms with Crippen molar-refractivity contribution in [3.05, 3.63) is 29.8 Å². The Kier molecular flexibility index (Phi) is 4.76. The molecule has 1 amide bonds. The van der Waals surface area contributed by atoms with Crippen LogP contribution in [0.5, 0.6) is 0 Å². The Morgan fingerprint density at radius 2 is 2.16 bits per heavy atom. The second-order valence-corrected chi connectivity index (χ2v) is 5.83. The summed E-state index contributed by atoms with van der Waals surface area (Å²) < 4.78 is 0. The van der Waals surface area contributed by atoms with Crippen molar-refractivity contribution in [2.45, 2.75) is 23.8 Å². The minimum absolute atomic E-state index is 0.103. The lowest BCUT2D eigenvalue weighted by Crippen LogP contribution is -2.41. The van der Waals surface area contributed by atoms with Crippen molar-refractivity contribution in [2.75, 3.05) is 11.6 Å². The van der Waals surface area contributed by atoms with Gasteiger partial charge in [0, 0.05) is 17.1 Å². The fourth-order valence-corrected chi connectivity index (χ4v) is 3.44. The zero-order valence-electron chi connectivity index (χ0n) is 10.3. The maximum Gasteiger partial charge on any atom is 0.327 e. The van der Waals surface area contributed by atoms with Gasteiger partial charge in [-0.15, -0.1) is 24.4 Å². The van der Waals surface area contributed by atoms with E-state index in [2.05, 4.69) is 12.6 Å². The SMILES string of the molecule is O=C(O)[C@@H]1CSCN1C(=O)CCc1ccccc1S. The number of aliphatic carboxylic acids is 1. The van der Waals surface area contributed by atoms with E-state index in [-0.39, 0.29) is 5.91 Å². The molecule has 1 aromatic carbocycles. The summed E-state index contributed by atoms with van der Waals surface area (Å²) in [6.07, 6.45) is 0.911. The van der Waals surface area contributed by atoms with Crippen LogP contribution in [0.2, 0.25) is 0 Å². The average molecular weight is 297 g/mol. The Bertz CT molecular complexity index is 493. The highest BCUT2D eigenvalue weighted by Gasteiger charge is 2.34. The Hall–Kier alpha value is -1.14. The zero-order valence-corrected chi connectivity index (χ0v) is 12.0. The fourth-order valence-electron chi connectivity index (χ4n) is 2.00. The van der Waals surface area contributed by atoms with Crippen molar-refractivity contribution < 1.29 is 14.7 Å². The Labute approximate surface area is 121 Å². The number of amides is 1. The molecule has 1 N–H and O–H groups in total. The van der Waals surface area contributed by atoms with Crippen LogP contribution in [-0.2, 0) is 16.0 Å². The normalized spacial score (nSPS) is 18.6. The molecule has 1 aliphatic rings. The number of carbonyl (C=O) groups is 2. The molecule has 19 heavy (non-hydrogen) atoms. The number of carboxylic acids is 1. The molecule has 6 heteroatoms. The number of carboxylic acid groups (broad SMARTS) is 1. The average Bonchev–Trinajstić information content (AvgIpc) is 2.87. The van der Waals surface area contributed by atoms with E-state index in [1.165, 1.54) is 16.7 Å².